The first-order chi connectivity index (χ1) is 16.1. The SMILES string of the molecule is COc1cc(NC(=O)c2cc(NC(=O)[C@H]3[C@H](c4ccc(F)c(Cl)c4)C3(Cl)Cl)ccc2Cl)ccn1. The van der Waals surface area contributed by atoms with Crippen LogP contribution in [0, 0.1) is 11.7 Å². The van der Waals surface area contributed by atoms with Crippen LogP contribution in [0.15, 0.2) is 54.7 Å². The van der Waals surface area contributed by atoms with Gasteiger partial charge in [-0.15, -0.1) is 23.2 Å². The van der Waals surface area contributed by atoms with E-state index in [9.17, 15) is 14.0 Å². The number of halogens is 5. The van der Waals surface area contributed by atoms with Crippen molar-refractivity contribution in [2.45, 2.75) is 10.3 Å². The van der Waals surface area contributed by atoms with Gasteiger partial charge in [-0.05, 0) is 42.0 Å². The molecule has 176 valence electrons. The molecule has 1 aliphatic rings. The highest BCUT2D eigenvalue weighted by atomic mass is 35.5. The van der Waals surface area contributed by atoms with Gasteiger partial charge in [-0.3, -0.25) is 9.59 Å². The molecule has 11 heteroatoms. The Morgan fingerprint density at radius 2 is 1.74 bits per heavy atom. The summed E-state index contributed by atoms with van der Waals surface area (Å²) in [6.45, 7) is 0. The molecule has 1 fully saturated rings. The molecule has 2 amide bonds. The van der Waals surface area contributed by atoms with Gasteiger partial charge in [0.05, 0.1) is 28.6 Å². The average molecular weight is 543 g/mol. The molecule has 2 N–H and O–H groups in total. The predicted octanol–water partition coefficient (Wildman–Crippen LogP) is 6.31. The van der Waals surface area contributed by atoms with Crippen molar-refractivity contribution in [2.75, 3.05) is 17.7 Å². The Morgan fingerprint density at radius 3 is 2.44 bits per heavy atom. The fourth-order valence-corrected chi connectivity index (χ4v) is 4.79. The van der Waals surface area contributed by atoms with E-state index in [1.165, 1.54) is 43.6 Å². The number of methoxy groups -OCH3 is 1. The molecule has 0 saturated heterocycles. The van der Waals surface area contributed by atoms with Crippen molar-refractivity contribution >= 4 is 69.6 Å². The van der Waals surface area contributed by atoms with Gasteiger partial charge in [0.2, 0.25) is 11.8 Å². The summed E-state index contributed by atoms with van der Waals surface area (Å²) in [6.07, 6.45) is 1.48. The zero-order valence-electron chi connectivity index (χ0n) is 17.4. The number of nitrogens with one attached hydrogen (secondary N) is 2. The van der Waals surface area contributed by atoms with Crippen LogP contribution < -0.4 is 15.4 Å². The Bertz CT molecular complexity index is 1290. The maximum Gasteiger partial charge on any atom is 0.257 e. The molecule has 3 aromatic rings. The normalized spacial score (nSPS) is 18.2. The van der Waals surface area contributed by atoms with Gasteiger partial charge in [0, 0.05) is 29.6 Å². The molecule has 1 aromatic heterocycles. The van der Waals surface area contributed by atoms with E-state index in [4.69, 9.17) is 51.1 Å². The van der Waals surface area contributed by atoms with Crippen LogP contribution >= 0.6 is 46.4 Å². The quantitative estimate of drug-likeness (QED) is 0.357. The van der Waals surface area contributed by atoms with Crippen LogP contribution in [0.1, 0.15) is 21.8 Å². The number of aromatic nitrogens is 1. The van der Waals surface area contributed by atoms with Crippen molar-refractivity contribution in [1.82, 2.24) is 4.98 Å². The van der Waals surface area contributed by atoms with Gasteiger partial charge in [0.15, 0.2) is 0 Å². The zero-order valence-corrected chi connectivity index (χ0v) is 20.4. The lowest BCUT2D eigenvalue weighted by Crippen LogP contribution is -2.18. The molecule has 1 saturated carbocycles. The Morgan fingerprint density at radius 1 is 1.00 bits per heavy atom. The van der Waals surface area contributed by atoms with Gasteiger partial charge < -0.3 is 15.4 Å². The minimum atomic E-state index is -1.39. The van der Waals surface area contributed by atoms with Crippen LogP contribution in [0.5, 0.6) is 5.88 Å². The molecule has 1 aliphatic carbocycles. The maximum absolute atomic E-state index is 13.5. The lowest BCUT2D eigenvalue weighted by molar-refractivity contribution is -0.117. The standard InChI is InChI=1S/C23H16Cl4FN3O3/c1-34-18-10-13(6-7-29-18)30-21(32)14-9-12(3-4-15(14)24)31-22(33)20-19(23(20,26)27)11-2-5-17(28)16(25)8-11/h2-10,19-20H,1H3,(H,31,33)(H,29,30,32)/t19-,20+/m0/s1. The van der Waals surface area contributed by atoms with E-state index in [-0.39, 0.29) is 15.6 Å². The Balaban J connectivity index is 1.50. The largest absolute Gasteiger partial charge is 0.481 e. The van der Waals surface area contributed by atoms with Crippen LogP contribution in [-0.2, 0) is 4.79 Å². The number of nitrogens with zero attached hydrogens (tertiary/aromatic N) is 1. The van der Waals surface area contributed by atoms with Crippen molar-refractivity contribution in [2.24, 2.45) is 5.92 Å². The van der Waals surface area contributed by atoms with Gasteiger partial charge in [0.25, 0.3) is 5.91 Å². The lowest BCUT2D eigenvalue weighted by atomic mass is 10.1. The van der Waals surface area contributed by atoms with E-state index >= 15 is 0 Å². The number of anilines is 2. The number of amides is 2. The highest BCUT2D eigenvalue weighted by Crippen LogP contribution is 2.65. The molecule has 0 radical (unpaired) electrons. The van der Waals surface area contributed by atoms with Gasteiger partial charge in [-0.1, -0.05) is 29.3 Å². The van der Waals surface area contributed by atoms with Crippen molar-refractivity contribution in [3.8, 4) is 5.88 Å². The molecule has 34 heavy (non-hydrogen) atoms. The molecule has 0 bridgehead atoms. The minimum absolute atomic E-state index is 0.0899. The number of hydrogen-bond donors (Lipinski definition) is 2. The van der Waals surface area contributed by atoms with Crippen molar-refractivity contribution in [1.29, 1.82) is 0 Å². The fourth-order valence-electron chi connectivity index (χ4n) is 3.57. The van der Waals surface area contributed by atoms with Gasteiger partial charge in [-0.2, -0.15) is 0 Å². The molecule has 0 unspecified atom stereocenters. The van der Waals surface area contributed by atoms with Crippen molar-refractivity contribution in [3.05, 3.63) is 81.7 Å². The third-order valence-corrected chi connectivity index (χ3v) is 6.88. The number of ether oxygens (including phenoxy) is 1. The van der Waals surface area contributed by atoms with E-state index < -0.39 is 33.8 Å². The Hall–Kier alpha value is -2.58. The number of rotatable bonds is 6. The topological polar surface area (TPSA) is 80.3 Å². The number of pyridine rings is 1. The van der Waals surface area contributed by atoms with Crippen LogP contribution in [-0.4, -0.2) is 28.2 Å². The summed E-state index contributed by atoms with van der Waals surface area (Å²) in [7, 11) is 1.46. The highest BCUT2D eigenvalue weighted by molar-refractivity contribution is 6.53. The van der Waals surface area contributed by atoms with E-state index in [1.54, 1.807) is 18.2 Å². The van der Waals surface area contributed by atoms with Crippen molar-refractivity contribution in [3.63, 3.8) is 0 Å². The second kappa shape index (κ2) is 9.58. The van der Waals surface area contributed by atoms with Crippen LogP contribution in [0.2, 0.25) is 10.0 Å². The molecule has 4 rings (SSSR count). The van der Waals surface area contributed by atoms with E-state index in [0.29, 0.717) is 22.8 Å². The minimum Gasteiger partial charge on any atom is -0.481 e. The number of hydrogen-bond acceptors (Lipinski definition) is 4. The zero-order chi connectivity index (χ0) is 24.6. The van der Waals surface area contributed by atoms with Crippen LogP contribution in [0.25, 0.3) is 0 Å². The molecular formula is C23H16Cl4FN3O3. The van der Waals surface area contributed by atoms with Gasteiger partial charge >= 0.3 is 0 Å². The summed E-state index contributed by atoms with van der Waals surface area (Å²) in [5, 5.41) is 5.50. The molecule has 2 atom stereocenters. The molecule has 1 heterocycles. The first-order valence-electron chi connectivity index (χ1n) is 9.86. The third-order valence-electron chi connectivity index (χ3n) is 5.32. The van der Waals surface area contributed by atoms with Gasteiger partial charge in [0.1, 0.15) is 10.2 Å². The summed E-state index contributed by atoms with van der Waals surface area (Å²) < 4.78 is 17.2. The molecule has 0 spiro atoms. The van der Waals surface area contributed by atoms with Crippen LogP contribution in [0.4, 0.5) is 15.8 Å². The van der Waals surface area contributed by atoms with E-state index in [2.05, 4.69) is 15.6 Å². The average Bonchev–Trinajstić information content (AvgIpc) is 3.39. The summed E-state index contributed by atoms with van der Waals surface area (Å²) in [6, 6.07) is 11.7. The summed E-state index contributed by atoms with van der Waals surface area (Å²) in [4.78, 5) is 29.7. The van der Waals surface area contributed by atoms with Crippen molar-refractivity contribution < 1.29 is 18.7 Å². The first-order valence-corrected chi connectivity index (χ1v) is 11.4. The van der Waals surface area contributed by atoms with E-state index in [0.717, 1.165) is 0 Å². The monoisotopic (exact) mass is 541 g/mol. The molecular weight excluding hydrogens is 527 g/mol. The summed E-state index contributed by atoms with van der Waals surface area (Å²) in [5.41, 5.74) is 1.45. The highest BCUT2D eigenvalue weighted by Gasteiger charge is 2.67. The lowest BCUT2D eigenvalue weighted by Gasteiger charge is -2.11. The fraction of sp³-hybridized carbons (Fsp3) is 0.174. The second-order valence-electron chi connectivity index (χ2n) is 7.53. The summed E-state index contributed by atoms with van der Waals surface area (Å²) in [5.74, 6) is -2.61. The number of carbonyl (C=O) groups is 2. The number of carbonyl (C=O) groups excluding carboxylic acids is 2. The first kappa shape index (κ1) is 24.5. The predicted molar refractivity (Wildman–Crippen MR) is 131 cm³/mol. The van der Waals surface area contributed by atoms with Gasteiger partial charge in [-0.25, -0.2) is 9.37 Å². The molecule has 2 aromatic carbocycles. The number of benzene rings is 2. The Kier molecular flexibility index (Phi) is 6.92. The van der Waals surface area contributed by atoms with Crippen LogP contribution in [0.3, 0.4) is 0 Å². The summed E-state index contributed by atoms with van der Waals surface area (Å²) >= 11 is 24.8. The second-order valence-corrected chi connectivity index (χ2v) is 9.79. The third kappa shape index (κ3) is 4.93. The number of alkyl halides is 2. The molecule has 6 nitrogen and oxygen atoms in total. The molecule has 0 aliphatic heterocycles. The van der Waals surface area contributed by atoms with E-state index in [1.807, 2.05) is 0 Å². The maximum atomic E-state index is 13.5. The Labute approximate surface area is 214 Å². The smallest absolute Gasteiger partial charge is 0.257 e.